The molecule has 1 rings (SSSR count). The Bertz CT molecular complexity index is 361. The van der Waals surface area contributed by atoms with Gasteiger partial charge in [0.15, 0.2) is 0 Å². The van der Waals surface area contributed by atoms with Crippen LogP contribution < -0.4 is 10.2 Å². The molecule has 3 nitrogen and oxygen atoms in total. The standard InChI is InChI=1S/C11H16BFO3/c1-11(2,3)7-16-10-5-8(12(14)15)4-9(13)6-10/h4-6,14-15H,7H2,1-3H3. The molecular weight excluding hydrogens is 210 g/mol. The van der Waals surface area contributed by atoms with Gasteiger partial charge in [0, 0.05) is 6.07 Å². The molecule has 0 saturated carbocycles. The van der Waals surface area contributed by atoms with E-state index in [0.29, 0.717) is 12.4 Å². The summed E-state index contributed by atoms with van der Waals surface area (Å²) in [7, 11) is -1.69. The summed E-state index contributed by atoms with van der Waals surface area (Å²) in [4.78, 5) is 0. The van der Waals surface area contributed by atoms with Crippen LogP contribution in [0, 0.1) is 11.2 Å². The van der Waals surface area contributed by atoms with E-state index in [1.54, 1.807) is 0 Å². The molecule has 0 unspecified atom stereocenters. The Kier molecular flexibility index (Phi) is 3.94. The normalized spacial score (nSPS) is 11.4. The van der Waals surface area contributed by atoms with Crippen molar-refractivity contribution in [2.75, 3.05) is 6.61 Å². The van der Waals surface area contributed by atoms with Crippen molar-refractivity contribution in [3.63, 3.8) is 0 Å². The third-order valence-corrected chi connectivity index (χ3v) is 1.86. The monoisotopic (exact) mass is 226 g/mol. The quantitative estimate of drug-likeness (QED) is 0.753. The fourth-order valence-corrected chi connectivity index (χ4v) is 1.12. The Morgan fingerprint density at radius 2 is 1.88 bits per heavy atom. The molecule has 5 heteroatoms. The van der Waals surface area contributed by atoms with E-state index >= 15 is 0 Å². The second-order valence-electron chi connectivity index (χ2n) is 4.94. The molecule has 0 atom stereocenters. The van der Waals surface area contributed by atoms with Gasteiger partial charge in [0.25, 0.3) is 0 Å². The average Bonchev–Trinajstić information content (AvgIpc) is 2.13. The lowest BCUT2D eigenvalue weighted by atomic mass is 9.80. The topological polar surface area (TPSA) is 49.7 Å². The summed E-state index contributed by atoms with van der Waals surface area (Å²) in [5.74, 6) is -0.243. The zero-order chi connectivity index (χ0) is 12.3. The van der Waals surface area contributed by atoms with Crippen molar-refractivity contribution in [3.8, 4) is 5.75 Å². The highest BCUT2D eigenvalue weighted by Crippen LogP contribution is 2.17. The number of benzene rings is 1. The fourth-order valence-electron chi connectivity index (χ4n) is 1.12. The van der Waals surface area contributed by atoms with Crippen LogP contribution in [0.1, 0.15) is 20.8 Å². The molecule has 0 amide bonds. The highest BCUT2D eigenvalue weighted by atomic mass is 19.1. The molecule has 0 aliphatic carbocycles. The van der Waals surface area contributed by atoms with Gasteiger partial charge in [-0.3, -0.25) is 0 Å². The van der Waals surface area contributed by atoms with E-state index < -0.39 is 12.9 Å². The Morgan fingerprint density at radius 3 is 2.38 bits per heavy atom. The van der Waals surface area contributed by atoms with Crippen LogP contribution in [-0.2, 0) is 0 Å². The van der Waals surface area contributed by atoms with Crippen molar-refractivity contribution >= 4 is 12.6 Å². The molecule has 1 aromatic rings. The smallest absolute Gasteiger partial charge is 0.488 e. The summed E-state index contributed by atoms with van der Waals surface area (Å²) >= 11 is 0. The summed E-state index contributed by atoms with van der Waals surface area (Å²) < 4.78 is 18.5. The third-order valence-electron chi connectivity index (χ3n) is 1.86. The first-order valence-corrected chi connectivity index (χ1v) is 5.07. The molecule has 0 heterocycles. The van der Waals surface area contributed by atoms with Crippen LogP contribution in [0.4, 0.5) is 4.39 Å². The first kappa shape index (κ1) is 13.0. The Labute approximate surface area is 95.0 Å². The van der Waals surface area contributed by atoms with E-state index in [4.69, 9.17) is 14.8 Å². The first-order chi connectivity index (χ1) is 7.28. The summed E-state index contributed by atoms with van der Waals surface area (Å²) in [6, 6.07) is 3.70. The molecule has 16 heavy (non-hydrogen) atoms. The lowest BCUT2D eigenvalue weighted by Gasteiger charge is -2.19. The first-order valence-electron chi connectivity index (χ1n) is 5.07. The maximum absolute atomic E-state index is 13.1. The molecule has 0 spiro atoms. The van der Waals surface area contributed by atoms with E-state index in [-0.39, 0.29) is 10.9 Å². The lowest BCUT2D eigenvalue weighted by Crippen LogP contribution is -2.30. The molecule has 0 radical (unpaired) electrons. The van der Waals surface area contributed by atoms with Gasteiger partial charge in [-0.05, 0) is 23.0 Å². The second kappa shape index (κ2) is 4.85. The Balaban J connectivity index is 2.81. The fraction of sp³-hybridized carbons (Fsp3) is 0.455. The van der Waals surface area contributed by atoms with Gasteiger partial charge in [-0.2, -0.15) is 0 Å². The predicted octanol–water partition coefficient (Wildman–Crippen LogP) is 0.930. The molecule has 0 aliphatic rings. The highest BCUT2D eigenvalue weighted by molar-refractivity contribution is 6.58. The van der Waals surface area contributed by atoms with Gasteiger partial charge >= 0.3 is 7.12 Å². The number of halogens is 1. The molecule has 2 N–H and O–H groups in total. The van der Waals surface area contributed by atoms with Crippen LogP contribution in [0.15, 0.2) is 18.2 Å². The average molecular weight is 226 g/mol. The number of rotatable bonds is 3. The van der Waals surface area contributed by atoms with Gasteiger partial charge in [0.1, 0.15) is 11.6 Å². The van der Waals surface area contributed by atoms with E-state index in [2.05, 4.69) is 0 Å². The molecule has 0 saturated heterocycles. The van der Waals surface area contributed by atoms with Gasteiger partial charge in [0.05, 0.1) is 6.61 Å². The largest absolute Gasteiger partial charge is 0.493 e. The SMILES string of the molecule is CC(C)(C)COc1cc(F)cc(B(O)O)c1. The Hall–Kier alpha value is -1.07. The van der Waals surface area contributed by atoms with Crippen molar-refractivity contribution in [1.82, 2.24) is 0 Å². The molecule has 0 aliphatic heterocycles. The van der Waals surface area contributed by atoms with Gasteiger partial charge in [-0.15, -0.1) is 0 Å². The van der Waals surface area contributed by atoms with Crippen molar-refractivity contribution in [2.45, 2.75) is 20.8 Å². The maximum Gasteiger partial charge on any atom is 0.488 e. The minimum Gasteiger partial charge on any atom is -0.493 e. The van der Waals surface area contributed by atoms with Crippen LogP contribution in [0.5, 0.6) is 5.75 Å². The molecule has 0 aromatic heterocycles. The van der Waals surface area contributed by atoms with E-state index in [0.717, 1.165) is 6.07 Å². The van der Waals surface area contributed by atoms with Gasteiger partial charge in [-0.1, -0.05) is 20.8 Å². The van der Waals surface area contributed by atoms with Crippen LogP contribution in [0.2, 0.25) is 0 Å². The van der Waals surface area contributed by atoms with E-state index in [9.17, 15) is 4.39 Å². The molecule has 0 fully saturated rings. The zero-order valence-corrected chi connectivity index (χ0v) is 9.70. The van der Waals surface area contributed by atoms with Crippen LogP contribution in [0.3, 0.4) is 0 Å². The number of ether oxygens (including phenoxy) is 1. The van der Waals surface area contributed by atoms with Gasteiger partial charge < -0.3 is 14.8 Å². The van der Waals surface area contributed by atoms with Crippen molar-refractivity contribution in [1.29, 1.82) is 0 Å². The summed E-state index contributed by atoms with van der Waals surface area (Å²) in [5, 5.41) is 17.9. The third kappa shape index (κ3) is 4.20. The summed E-state index contributed by atoms with van der Waals surface area (Å²) in [6.45, 7) is 6.41. The lowest BCUT2D eigenvalue weighted by molar-refractivity contribution is 0.197. The van der Waals surface area contributed by atoms with E-state index in [1.165, 1.54) is 12.1 Å². The van der Waals surface area contributed by atoms with Gasteiger partial charge in [-0.25, -0.2) is 4.39 Å². The minimum absolute atomic E-state index is 0.0374. The van der Waals surface area contributed by atoms with Crippen molar-refractivity contribution in [3.05, 3.63) is 24.0 Å². The minimum atomic E-state index is -1.69. The van der Waals surface area contributed by atoms with Gasteiger partial charge in [0.2, 0.25) is 0 Å². The summed E-state index contributed by atoms with van der Waals surface area (Å²) in [6.07, 6.45) is 0. The van der Waals surface area contributed by atoms with E-state index in [1.807, 2.05) is 20.8 Å². The van der Waals surface area contributed by atoms with Crippen LogP contribution in [-0.4, -0.2) is 23.8 Å². The number of hydrogen-bond donors (Lipinski definition) is 2. The second-order valence-corrected chi connectivity index (χ2v) is 4.94. The molecule has 1 aromatic carbocycles. The van der Waals surface area contributed by atoms with Crippen LogP contribution in [0.25, 0.3) is 0 Å². The Morgan fingerprint density at radius 1 is 1.25 bits per heavy atom. The number of hydrogen-bond acceptors (Lipinski definition) is 3. The summed E-state index contributed by atoms with van der Waals surface area (Å²) in [5.41, 5.74) is 0.0496. The van der Waals surface area contributed by atoms with Crippen molar-refractivity contribution in [2.24, 2.45) is 5.41 Å². The predicted molar refractivity (Wildman–Crippen MR) is 61.2 cm³/mol. The maximum atomic E-state index is 13.1. The molecule has 88 valence electrons. The van der Waals surface area contributed by atoms with Crippen LogP contribution >= 0.6 is 0 Å². The highest BCUT2D eigenvalue weighted by Gasteiger charge is 2.15. The van der Waals surface area contributed by atoms with Crippen molar-refractivity contribution < 1.29 is 19.2 Å². The molecule has 0 bridgehead atoms. The zero-order valence-electron chi connectivity index (χ0n) is 9.70. The molecular formula is C11H16BFO3.